The zero-order valence-electron chi connectivity index (χ0n) is 12.2. The zero-order valence-corrected chi connectivity index (χ0v) is 13.7. The maximum Gasteiger partial charge on any atom is 0.138 e. The number of unbranched alkanes of at least 4 members (excludes halogenated alkanes) is 1. The summed E-state index contributed by atoms with van der Waals surface area (Å²) in [5.74, 6) is 2.17. The van der Waals surface area contributed by atoms with Crippen molar-refractivity contribution >= 4 is 34.0 Å². The van der Waals surface area contributed by atoms with E-state index in [0.717, 1.165) is 42.4 Å². The van der Waals surface area contributed by atoms with E-state index < -0.39 is 0 Å². The van der Waals surface area contributed by atoms with Gasteiger partial charge in [-0.05, 0) is 42.5 Å². The molecular formula is C17H20Cl2O2. The number of rotatable bonds is 8. The third kappa shape index (κ3) is 4.42. The molecule has 0 aliphatic carbocycles. The monoisotopic (exact) mass is 326 g/mol. The van der Waals surface area contributed by atoms with Gasteiger partial charge in [-0.1, -0.05) is 31.0 Å². The highest BCUT2D eigenvalue weighted by atomic mass is 35.5. The molecule has 0 aliphatic heterocycles. The molecule has 0 amide bonds. The molecule has 0 radical (unpaired) electrons. The Balaban J connectivity index is 2.15. The maximum atomic E-state index is 6.40. The van der Waals surface area contributed by atoms with Gasteiger partial charge in [0.15, 0.2) is 0 Å². The van der Waals surface area contributed by atoms with Crippen molar-refractivity contribution in [2.24, 2.45) is 0 Å². The van der Waals surface area contributed by atoms with Gasteiger partial charge in [-0.25, -0.2) is 0 Å². The molecule has 0 heterocycles. The molecule has 2 rings (SSSR count). The first-order valence-electron chi connectivity index (χ1n) is 7.30. The molecule has 0 spiro atoms. The van der Waals surface area contributed by atoms with Gasteiger partial charge in [-0.3, -0.25) is 0 Å². The lowest BCUT2D eigenvalue weighted by molar-refractivity contribution is 0.309. The molecule has 0 N–H and O–H groups in total. The minimum absolute atomic E-state index is 0.576. The fourth-order valence-corrected chi connectivity index (χ4v) is 2.42. The van der Waals surface area contributed by atoms with Crippen molar-refractivity contribution in [1.29, 1.82) is 0 Å². The van der Waals surface area contributed by atoms with Crippen LogP contribution in [0.2, 0.25) is 5.02 Å². The summed E-state index contributed by atoms with van der Waals surface area (Å²) in [6, 6.07) is 9.85. The van der Waals surface area contributed by atoms with Gasteiger partial charge in [0.25, 0.3) is 0 Å². The molecule has 2 nitrogen and oxygen atoms in total. The topological polar surface area (TPSA) is 18.5 Å². The van der Waals surface area contributed by atoms with Gasteiger partial charge in [0, 0.05) is 11.3 Å². The van der Waals surface area contributed by atoms with E-state index in [1.54, 1.807) is 0 Å². The highest BCUT2D eigenvalue weighted by molar-refractivity contribution is 6.37. The van der Waals surface area contributed by atoms with Gasteiger partial charge in [0.05, 0.1) is 18.2 Å². The van der Waals surface area contributed by atoms with Crippen LogP contribution in [0.5, 0.6) is 11.5 Å². The molecule has 114 valence electrons. The van der Waals surface area contributed by atoms with Gasteiger partial charge < -0.3 is 9.47 Å². The molecule has 0 atom stereocenters. The van der Waals surface area contributed by atoms with Crippen LogP contribution in [0.25, 0.3) is 10.8 Å². The summed E-state index contributed by atoms with van der Waals surface area (Å²) in [6.07, 6.45) is 2.99. The quantitative estimate of drug-likeness (QED) is 0.459. The molecule has 0 unspecified atom stereocenters. The van der Waals surface area contributed by atoms with Gasteiger partial charge in [-0.2, -0.15) is 0 Å². The van der Waals surface area contributed by atoms with E-state index in [0.29, 0.717) is 23.3 Å². The van der Waals surface area contributed by atoms with Crippen LogP contribution in [0.15, 0.2) is 30.3 Å². The number of fused-ring (bicyclic) bond motifs is 1. The van der Waals surface area contributed by atoms with E-state index in [1.807, 2.05) is 30.3 Å². The molecule has 21 heavy (non-hydrogen) atoms. The minimum Gasteiger partial charge on any atom is -0.494 e. The second kappa shape index (κ2) is 8.35. The smallest absolute Gasteiger partial charge is 0.138 e. The predicted molar refractivity (Wildman–Crippen MR) is 90.2 cm³/mol. The van der Waals surface area contributed by atoms with E-state index in [-0.39, 0.29) is 0 Å². The first-order valence-corrected chi connectivity index (χ1v) is 8.21. The molecule has 0 bridgehead atoms. The van der Waals surface area contributed by atoms with Crippen molar-refractivity contribution in [3.05, 3.63) is 35.4 Å². The maximum absolute atomic E-state index is 6.40. The van der Waals surface area contributed by atoms with Gasteiger partial charge >= 0.3 is 0 Å². The molecule has 2 aromatic rings. The van der Waals surface area contributed by atoms with Gasteiger partial charge in [0.2, 0.25) is 0 Å². The van der Waals surface area contributed by atoms with Crippen molar-refractivity contribution in [3.63, 3.8) is 0 Å². The van der Waals surface area contributed by atoms with Crippen LogP contribution < -0.4 is 9.47 Å². The average molecular weight is 327 g/mol. The summed E-state index contributed by atoms with van der Waals surface area (Å²) in [7, 11) is 0. The number of halogens is 2. The van der Waals surface area contributed by atoms with Gasteiger partial charge in [0.1, 0.15) is 11.5 Å². The van der Waals surface area contributed by atoms with E-state index in [1.165, 1.54) is 0 Å². The number of ether oxygens (including phenoxy) is 2. The summed E-state index contributed by atoms with van der Waals surface area (Å²) in [5, 5.41) is 2.67. The first-order chi connectivity index (χ1) is 10.3. The Morgan fingerprint density at radius 2 is 1.81 bits per heavy atom. The Kier molecular flexibility index (Phi) is 6.47. The van der Waals surface area contributed by atoms with Crippen LogP contribution in [-0.2, 0) is 0 Å². The Hall–Kier alpha value is -1.12. The number of alkyl halides is 1. The van der Waals surface area contributed by atoms with Gasteiger partial charge in [-0.15, -0.1) is 11.6 Å². The average Bonchev–Trinajstić information content (AvgIpc) is 2.50. The van der Waals surface area contributed by atoms with Crippen LogP contribution >= 0.6 is 23.2 Å². The summed E-state index contributed by atoms with van der Waals surface area (Å²) >= 11 is 12.0. The lowest BCUT2D eigenvalue weighted by Crippen LogP contribution is -1.99. The van der Waals surface area contributed by atoms with Crippen molar-refractivity contribution in [1.82, 2.24) is 0 Å². The summed E-state index contributed by atoms with van der Waals surface area (Å²) < 4.78 is 11.4. The third-order valence-electron chi connectivity index (χ3n) is 3.19. The minimum atomic E-state index is 0.576. The Bertz CT molecular complexity index is 584. The third-order valence-corrected chi connectivity index (χ3v) is 3.85. The molecular weight excluding hydrogens is 307 g/mol. The molecule has 0 saturated carbocycles. The van der Waals surface area contributed by atoms with Crippen molar-refractivity contribution in [2.75, 3.05) is 19.1 Å². The highest BCUT2D eigenvalue weighted by Crippen LogP contribution is 2.34. The molecule has 0 aromatic heterocycles. The number of benzene rings is 2. The predicted octanol–water partition coefficient (Wildman–Crippen LogP) is 5.68. The normalized spacial score (nSPS) is 10.8. The summed E-state index contributed by atoms with van der Waals surface area (Å²) in [5.41, 5.74) is 0. The molecule has 0 aliphatic rings. The molecule has 2 aromatic carbocycles. The lowest BCUT2D eigenvalue weighted by Gasteiger charge is -2.11. The lowest BCUT2D eigenvalue weighted by atomic mass is 10.1. The summed E-state index contributed by atoms with van der Waals surface area (Å²) in [4.78, 5) is 0. The second-order valence-electron chi connectivity index (χ2n) is 4.85. The van der Waals surface area contributed by atoms with Crippen LogP contribution in [0.4, 0.5) is 0 Å². The molecule has 0 fully saturated rings. The van der Waals surface area contributed by atoms with Crippen molar-refractivity contribution in [3.8, 4) is 11.5 Å². The number of hydrogen-bond donors (Lipinski definition) is 0. The Morgan fingerprint density at radius 1 is 1.00 bits per heavy atom. The van der Waals surface area contributed by atoms with Crippen LogP contribution in [0, 0.1) is 0 Å². The SMILES string of the molecule is CCCCOc1ccc2c(Cl)c(OCCCCl)ccc2c1. The number of hydrogen-bond acceptors (Lipinski definition) is 2. The highest BCUT2D eigenvalue weighted by Gasteiger charge is 2.07. The molecule has 0 saturated heterocycles. The van der Waals surface area contributed by atoms with E-state index in [4.69, 9.17) is 32.7 Å². The van der Waals surface area contributed by atoms with E-state index in [2.05, 4.69) is 6.92 Å². The zero-order chi connectivity index (χ0) is 15.1. The summed E-state index contributed by atoms with van der Waals surface area (Å²) in [6.45, 7) is 3.47. The molecule has 4 heteroatoms. The van der Waals surface area contributed by atoms with Crippen LogP contribution in [0.1, 0.15) is 26.2 Å². The van der Waals surface area contributed by atoms with Crippen LogP contribution in [0.3, 0.4) is 0 Å². The second-order valence-corrected chi connectivity index (χ2v) is 5.61. The van der Waals surface area contributed by atoms with Crippen LogP contribution in [-0.4, -0.2) is 19.1 Å². The fourth-order valence-electron chi connectivity index (χ4n) is 2.02. The Labute approximate surface area is 136 Å². The van der Waals surface area contributed by atoms with Crippen molar-refractivity contribution in [2.45, 2.75) is 26.2 Å². The largest absolute Gasteiger partial charge is 0.494 e. The first kappa shape index (κ1) is 16.3. The van der Waals surface area contributed by atoms with E-state index >= 15 is 0 Å². The Morgan fingerprint density at radius 3 is 2.57 bits per heavy atom. The van der Waals surface area contributed by atoms with E-state index in [9.17, 15) is 0 Å². The standard InChI is InChI=1S/C17H20Cl2O2/c1-2-3-10-20-14-6-7-15-13(12-14)5-8-16(17(15)19)21-11-4-9-18/h5-8,12H,2-4,9-11H2,1H3. The van der Waals surface area contributed by atoms with Crippen molar-refractivity contribution < 1.29 is 9.47 Å². The fraction of sp³-hybridized carbons (Fsp3) is 0.412.